The normalized spacial score (nSPS) is 13.2. The molecule has 1 unspecified atom stereocenters. The third-order valence-electron chi connectivity index (χ3n) is 3.25. The van der Waals surface area contributed by atoms with Crippen molar-refractivity contribution < 1.29 is 9.84 Å². The SMILES string of the molecule is COCCn1c(N)c(NC(C)(C)C(C)O)c(=O)[nH]c1=O. The Hall–Kier alpha value is -1.80. The minimum atomic E-state index is -0.773. The van der Waals surface area contributed by atoms with Crippen molar-refractivity contribution in [3.05, 3.63) is 20.8 Å². The van der Waals surface area contributed by atoms with Gasteiger partial charge >= 0.3 is 5.69 Å². The van der Waals surface area contributed by atoms with Crippen LogP contribution in [0.3, 0.4) is 0 Å². The van der Waals surface area contributed by atoms with Crippen LogP contribution in [-0.4, -0.2) is 40.0 Å². The van der Waals surface area contributed by atoms with Crippen molar-refractivity contribution in [3.8, 4) is 0 Å². The largest absolute Gasteiger partial charge is 0.391 e. The molecule has 0 aromatic carbocycles. The van der Waals surface area contributed by atoms with E-state index in [1.807, 2.05) is 0 Å². The number of rotatable bonds is 6. The highest BCUT2D eigenvalue weighted by Crippen LogP contribution is 2.19. The second kappa shape index (κ2) is 6.10. The van der Waals surface area contributed by atoms with E-state index in [0.717, 1.165) is 0 Å². The van der Waals surface area contributed by atoms with Crippen LogP contribution in [0.4, 0.5) is 11.5 Å². The molecule has 0 saturated heterocycles. The van der Waals surface area contributed by atoms with Gasteiger partial charge in [-0.3, -0.25) is 14.3 Å². The molecule has 0 spiro atoms. The Balaban J connectivity index is 3.27. The fourth-order valence-corrected chi connectivity index (χ4v) is 1.54. The first-order chi connectivity index (χ1) is 9.20. The molecule has 1 aromatic heterocycles. The monoisotopic (exact) mass is 286 g/mol. The summed E-state index contributed by atoms with van der Waals surface area (Å²) < 4.78 is 6.11. The highest BCUT2D eigenvalue weighted by atomic mass is 16.5. The molecule has 114 valence electrons. The maximum absolute atomic E-state index is 11.9. The Morgan fingerprint density at radius 2 is 2.10 bits per heavy atom. The Labute approximate surface area is 116 Å². The first-order valence-electron chi connectivity index (χ1n) is 6.28. The molecule has 1 atom stereocenters. The Morgan fingerprint density at radius 3 is 2.60 bits per heavy atom. The van der Waals surface area contributed by atoms with Crippen molar-refractivity contribution in [2.24, 2.45) is 0 Å². The third kappa shape index (κ3) is 3.40. The van der Waals surface area contributed by atoms with E-state index < -0.39 is 22.9 Å². The zero-order valence-corrected chi connectivity index (χ0v) is 12.2. The molecule has 0 fully saturated rings. The molecule has 0 bridgehead atoms. The van der Waals surface area contributed by atoms with E-state index in [1.165, 1.54) is 11.7 Å². The van der Waals surface area contributed by atoms with E-state index >= 15 is 0 Å². The van der Waals surface area contributed by atoms with Gasteiger partial charge in [-0.05, 0) is 20.8 Å². The lowest BCUT2D eigenvalue weighted by Crippen LogP contribution is -2.45. The molecular formula is C12H22N4O4. The lowest BCUT2D eigenvalue weighted by molar-refractivity contribution is 0.133. The van der Waals surface area contributed by atoms with E-state index in [-0.39, 0.29) is 24.7 Å². The van der Waals surface area contributed by atoms with Gasteiger partial charge in [-0.15, -0.1) is 0 Å². The molecule has 0 radical (unpaired) electrons. The average Bonchev–Trinajstić information content (AvgIpc) is 2.34. The lowest BCUT2D eigenvalue weighted by Gasteiger charge is -2.30. The van der Waals surface area contributed by atoms with Crippen LogP contribution >= 0.6 is 0 Å². The molecule has 0 aliphatic heterocycles. The molecule has 0 aliphatic rings. The van der Waals surface area contributed by atoms with Crippen molar-refractivity contribution >= 4 is 11.5 Å². The molecule has 20 heavy (non-hydrogen) atoms. The molecular weight excluding hydrogens is 264 g/mol. The number of hydrogen-bond donors (Lipinski definition) is 4. The van der Waals surface area contributed by atoms with Crippen molar-refractivity contribution in [3.63, 3.8) is 0 Å². The van der Waals surface area contributed by atoms with Crippen molar-refractivity contribution in [2.45, 2.75) is 39.0 Å². The van der Waals surface area contributed by atoms with Crippen LogP contribution < -0.4 is 22.3 Å². The van der Waals surface area contributed by atoms with Gasteiger partial charge < -0.3 is 20.9 Å². The average molecular weight is 286 g/mol. The summed E-state index contributed by atoms with van der Waals surface area (Å²) in [5, 5.41) is 12.6. The second-order valence-electron chi connectivity index (χ2n) is 5.19. The number of nitrogens with zero attached hydrogens (tertiary/aromatic N) is 1. The van der Waals surface area contributed by atoms with Gasteiger partial charge in [0.1, 0.15) is 11.5 Å². The zero-order valence-electron chi connectivity index (χ0n) is 12.2. The van der Waals surface area contributed by atoms with Crippen LogP contribution in [0.15, 0.2) is 9.59 Å². The van der Waals surface area contributed by atoms with Crippen LogP contribution in [-0.2, 0) is 11.3 Å². The van der Waals surface area contributed by atoms with Crippen molar-refractivity contribution in [2.75, 3.05) is 24.8 Å². The smallest absolute Gasteiger partial charge is 0.330 e. The molecule has 0 amide bonds. The van der Waals surface area contributed by atoms with E-state index in [0.29, 0.717) is 0 Å². The fourth-order valence-electron chi connectivity index (χ4n) is 1.54. The Morgan fingerprint density at radius 1 is 1.50 bits per heavy atom. The predicted octanol–water partition coefficient (Wildman–Crippen LogP) is -0.663. The van der Waals surface area contributed by atoms with E-state index in [4.69, 9.17) is 10.5 Å². The maximum Gasteiger partial charge on any atom is 0.330 e. The van der Waals surface area contributed by atoms with Gasteiger partial charge in [0.2, 0.25) is 0 Å². The van der Waals surface area contributed by atoms with Gasteiger partial charge in [0.25, 0.3) is 5.56 Å². The van der Waals surface area contributed by atoms with E-state index in [9.17, 15) is 14.7 Å². The van der Waals surface area contributed by atoms with Gasteiger partial charge in [0, 0.05) is 7.11 Å². The van der Waals surface area contributed by atoms with Gasteiger partial charge in [0.05, 0.1) is 24.8 Å². The number of methoxy groups -OCH3 is 1. The number of ether oxygens (including phenoxy) is 1. The molecule has 1 heterocycles. The number of nitrogens with one attached hydrogen (secondary N) is 2. The van der Waals surface area contributed by atoms with Gasteiger partial charge in [-0.25, -0.2) is 4.79 Å². The topological polar surface area (TPSA) is 122 Å². The number of aliphatic hydroxyl groups excluding tert-OH is 1. The van der Waals surface area contributed by atoms with Gasteiger partial charge in [-0.2, -0.15) is 0 Å². The van der Waals surface area contributed by atoms with Crippen molar-refractivity contribution in [1.29, 1.82) is 0 Å². The second-order valence-corrected chi connectivity index (χ2v) is 5.19. The Bertz CT molecular complexity index is 574. The number of anilines is 2. The summed E-state index contributed by atoms with van der Waals surface area (Å²) in [5.41, 5.74) is 3.96. The minimum absolute atomic E-state index is 0.0181. The minimum Gasteiger partial charge on any atom is -0.391 e. The van der Waals surface area contributed by atoms with Crippen LogP contribution in [0.2, 0.25) is 0 Å². The summed E-state index contributed by atoms with van der Waals surface area (Å²) in [5.74, 6) is 0.0181. The number of nitrogens with two attached hydrogens (primary N) is 1. The molecule has 1 rings (SSSR count). The summed E-state index contributed by atoms with van der Waals surface area (Å²) in [6.45, 7) is 5.55. The van der Waals surface area contributed by atoms with Gasteiger partial charge in [-0.1, -0.05) is 0 Å². The molecule has 1 aromatic rings. The molecule has 8 heteroatoms. The number of aliphatic hydroxyl groups is 1. The van der Waals surface area contributed by atoms with Gasteiger partial charge in [0.15, 0.2) is 0 Å². The summed E-state index contributed by atoms with van der Waals surface area (Å²) in [6, 6.07) is 0. The standard InChI is InChI=1S/C12H22N4O4/c1-7(17)12(2,3)15-8-9(13)16(5-6-20-4)11(19)14-10(8)18/h7,15,17H,5-6,13H2,1-4H3,(H,14,18,19). The molecule has 0 aliphatic carbocycles. The van der Waals surface area contributed by atoms with Crippen LogP contribution in [0.5, 0.6) is 0 Å². The molecule has 5 N–H and O–H groups in total. The lowest BCUT2D eigenvalue weighted by atomic mass is 9.98. The molecule has 0 saturated carbocycles. The summed E-state index contributed by atoms with van der Waals surface area (Å²) >= 11 is 0. The summed E-state index contributed by atoms with van der Waals surface area (Å²) in [4.78, 5) is 25.8. The predicted molar refractivity (Wildman–Crippen MR) is 77.0 cm³/mol. The summed E-state index contributed by atoms with van der Waals surface area (Å²) in [6.07, 6.45) is -0.722. The molecule has 8 nitrogen and oxygen atoms in total. The highest BCUT2D eigenvalue weighted by molar-refractivity contribution is 5.61. The number of nitrogen functional groups attached to an aromatic ring is 1. The quantitative estimate of drug-likeness (QED) is 0.550. The van der Waals surface area contributed by atoms with Crippen molar-refractivity contribution in [1.82, 2.24) is 9.55 Å². The zero-order chi connectivity index (χ0) is 15.5. The fraction of sp³-hybridized carbons (Fsp3) is 0.667. The van der Waals surface area contributed by atoms with Crippen LogP contribution in [0.25, 0.3) is 0 Å². The highest BCUT2D eigenvalue weighted by Gasteiger charge is 2.26. The number of aromatic amines is 1. The number of aromatic nitrogens is 2. The Kier molecular flexibility index (Phi) is 4.96. The van der Waals surface area contributed by atoms with Crippen LogP contribution in [0.1, 0.15) is 20.8 Å². The summed E-state index contributed by atoms with van der Waals surface area (Å²) in [7, 11) is 1.50. The first kappa shape index (κ1) is 16.3. The number of hydrogen-bond acceptors (Lipinski definition) is 6. The maximum atomic E-state index is 11.9. The number of H-pyrrole nitrogens is 1. The van der Waals surface area contributed by atoms with E-state index in [2.05, 4.69) is 10.3 Å². The van der Waals surface area contributed by atoms with Crippen LogP contribution in [0, 0.1) is 0 Å². The first-order valence-corrected chi connectivity index (χ1v) is 6.28. The van der Waals surface area contributed by atoms with E-state index in [1.54, 1.807) is 20.8 Å². The third-order valence-corrected chi connectivity index (χ3v) is 3.25.